The van der Waals surface area contributed by atoms with Gasteiger partial charge in [0.15, 0.2) is 0 Å². The van der Waals surface area contributed by atoms with Crippen molar-refractivity contribution < 1.29 is 9.90 Å². The van der Waals surface area contributed by atoms with Gasteiger partial charge in [-0.2, -0.15) is 0 Å². The molecule has 16 heavy (non-hydrogen) atoms. The predicted octanol–water partition coefficient (Wildman–Crippen LogP) is 1.17. The number of anilines is 1. The zero-order chi connectivity index (χ0) is 11.2. The van der Waals surface area contributed by atoms with Crippen molar-refractivity contribution in [2.24, 2.45) is 5.41 Å². The van der Waals surface area contributed by atoms with Crippen LogP contribution in [0.3, 0.4) is 0 Å². The van der Waals surface area contributed by atoms with Crippen molar-refractivity contribution in [3.8, 4) is 0 Å². The van der Waals surface area contributed by atoms with E-state index >= 15 is 0 Å². The number of carboxylic acids is 1. The van der Waals surface area contributed by atoms with Gasteiger partial charge < -0.3 is 10.0 Å². The summed E-state index contributed by atoms with van der Waals surface area (Å²) in [4.78, 5) is 21.0. The number of nitrogens with zero attached hydrogens (tertiary/aromatic N) is 3. The normalized spacial score (nSPS) is 21.4. The number of aromatic carboxylic acids is 1. The lowest BCUT2D eigenvalue weighted by molar-refractivity contribution is 0.0696. The van der Waals surface area contributed by atoms with Crippen molar-refractivity contribution in [3.63, 3.8) is 0 Å². The molecule has 1 saturated heterocycles. The number of carboxylic acid groups (broad SMARTS) is 1. The average molecular weight is 219 g/mol. The highest BCUT2D eigenvalue weighted by atomic mass is 16.4. The molecule has 2 fully saturated rings. The third-order valence-electron chi connectivity index (χ3n) is 3.56. The Morgan fingerprint density at radius 3 is 2.50 bits per heavy atom. The molecule has 1 aliphatic carbocycles. The lowest BCUT2D eigenvalue weighted by Gasteiger charge is -2.15. The van der Waals surface area contributed by atoms with E-state index in [1.165, 1.54) is 31.7 Å². The summed E-state index contributed by atoms with van der Waals surface area (Å²) in [5.74, 6) is -0.319. The van der Waals surface area contributed by atoms with Crippen LogP contribution in [0.15, 0.2) is 12.4 Å². The summed E-state index contributed by atoms with van der Waals surface area (Å²) in [5.41, 5.74) is 0.679. The second kappa shape index (κ2) is 3.17. The number of rotatable bonds is 2. The first-order valence-electron chi connectivity index (χ1n) is 5.49. The summed E-state index contributed by atoms with van der Waals surface area (Å²) in [6.07, 6.45) is 6.61. The van der Waals surface area contributed by atoms with Crippen LogP contribution in [0.1, 0.15) is 29.6 Å². The van der Waals surface area contributed by atoms with Gasteiger partial charge in [-0.1, -0.05) is 0 Å². The van der Waals surface area contributed by atoms with Gasteiger partial charge in [-0.15, -0.1) is 0 Å². The molecule has 0 unspecified atom stereocenters. The maximum atomic E-state index is 10.7. The van der Waals surface area contributed by atoms with Crippen LogP contribution in [0.5, 0.6) is 0 Å². The van der Waals surface area contributed by atoms with E-state index in [1.807, 2.05) is 0 Å². The highest BCUT2D eigenvalue weighted by molar-refractivity contribution is 5.86. The minimum Gasteiger partial charge on any atom is -0.478 e. The molecule has 1 saturated carbocycles. The number of aromatic nitrogens is 2. The van der Waals surface area contributed by atoms with Gasteiger partial charge in [0.05, 0.1) is 5.56 Å². The molecule has 0 amide bonds. The third kappa shape index (κ3) is 1.52. The summed E-state index contributed by atoms with van der Waals surface area (Å²) in [6, 6.07) is 0. The molecule has 1 aromatic heterocycles. The molecule has 0 atom stereocenters. The highest BCUT2D eigenvalue weighted by Gasteiger charge is 2.48. The van der Waals surface area contributed by atoms with Crippen molar-refractivity contribution >= 4 is 11.9 Å². The van der Waals surface area contributed by atoms with Crippen LogP contribution in [0, 0.1) is 5.41 Å². The Hall–Kier alpha value is -1.65. The molecule has 0 bridgehead atoms. The van der Waals surface area contributed by atoms with Gasteiger partial charge in [0.1, 0.15) is 0 Å². The van der Waals surface area contributed by atoms with Crippen LogP contribution < -0.4 is 4.90 Å². The Morgan fingerprint density at radius 1 is 1.31 bits per heavy atom. The van der Waals surface area contributed by atoms with E-state index in [2.05, 4.69) is 14.9 Å². The lowest BCUT2D eigenvalue weighted by atomic mass is 10.1. The molecule has 1 spiro atoms. The second-order valence-corrected chi connectivity index (χ2v) is 4.75. The summed E-state index contributed by atoms with van der Waals surface area (Å²) in [7, 11) is 0. The Kier molecular flexibility index (Phi) is 1.89. The van der Waals surface area contributed by atoms with Gasteiger partial charge in [0.2, 0.25) is 5.95 Å². The van der Waals surface area contributed by atoms with Crippen LogP contribution in [0.2, 0.25) is 0 Å². The largest absolute Gasteiger partial charge is 0.478 e. The quantitative estimate of drug-likeness (QED) is 0.808. The molecule has 1 N–H and O–H groups in total. The van der Waals surface area contributed by atoms with E-state index in [-0.39, 0.29) is 5.56 Å². The third-order valence-corrected chi connectivity index (χ3v) is 3.56. The molecule has 84 valence electrons. The summed E-state index contributed by atoms with van der Waals surface area (Å²) in [5, 5.41) is 8.74. The number of hydrogen-bond donors (Lipinski definition) is 1. The number of hydrogen-bond acceptors (Lipinski definition) is 4. The first kappa shape index (κ1) is 9.57. The first-order chi connectivity index (χ1) is 7.69. The Morgan fingerprint density at radius 2 is 2.00 bits per heavy atom. The molecule has 3 rings (SSSR count). The van der Waals surface area contributed by atoms with E-state index in [0.717, 1.165) is 13.1 Å². The number of carbonyl (C=O) groups is 1. The molecule has 5 heteroatoms. The van der Waals surface area contributed by atoms with Gasteiger partial charge in [-0.05, 0) is 24.7 Å². The molecule has 0 aromatic carbocycles. The van der Waals surface area contributed by atoms with Crippen molar-refractivity contribution in [1.29, 1.82) is 0 Å². The van der Waals surface area contributed by atoms with E-state index in [0.29, 0.717) is 11.4 Å². The molecular formula is C11H13N3O2. The Bertz CT molecular complexity index is 425. The molecule has 2 heterocycles. The van der Waals surface area contributed by atoms with E-state index < -0.39 is 5.97 Å². The predicted molar refractivity (Wildman–Crippen MR) is 57.5 cm³/mol. The molecule has 5 nitrogen and oxygen atoms in total. The average Bonchev–Trinajstić information content (AvgIpc) is 2.89. The van der Waals surface area contributed by atoms with Crippen LogP contribution in [0.25, 0.3) is 0 Å². The standard InChI is InChI=1S/C11H13N3O2/c15-9(16)8-5-12-10(13-6-8)14-4-3-11(7-14)1-2-11/h5-6H,1-4,7H2,(H,15,16). The van der Waals surface area contributed by atoms with Gasteiger partial charge in [0, 0.05) is 25.5 Å². The van der Waals surface area contributed by atoms with Crippen molar-refractivity contribution in [1.82, 2.24) is 9.97 Å². The molecule has 1 aliphatic heterocycles. The maximum absolute atomic E-state index is 10.7. The maximum Gasteiger partial charge on any atom is 0.338 e. The van der Waals surface area contributed by atoms with Crippen LogP contribution in [-0.4, -0.2) is 34.1 Å². The lowest BCUT2D eigenvalue weighted by Crippen LogP contribution is -2.22. The SMILES string of the molecule is O=C(O)c1cnc(N2CCC3(CC3)C2)nc1. The minimum absolute atomic E-state index is 0.143. The van der Waals surface area contributed by atoms with E-state index in [9.17, 15) is 4.79 Å². The monoisotopic (exact) mass is 219 g/mol. The summed E-state index contributed by atoms with van der Waals surface area (Å²) >= 11 is 0. The molecule has 2 aliphatic rings. The summed E-state index contributed by atoms with van der Waals surface area (Å²) < 4.78 is 0. The fourth-order valence-electron chi connectivity index (χ4n) is 2.29. The van der Waals surface area contributed by atoms with Gasteiger partial charge >= 0.3 is 5.97 Å². The fraction of sp³-hybridized carbons (Fsp3) is 0.545. The first-order valence-corrected chi connectivity index (χ1v) is 5.49. The van der Waals surface area contributed by atoms with Crippen LogP contribution >= 0.6 is 0 Å². The summed E-state index contributed by atoms with van der Waals surface area (Å²) in [6.45, 7) is 2.02. The Balaban J connectivity index is 1.77. The van der Waals surface area contributed by atoms with Gasteiger partial charge in [0.25, 0.3) is 0 Å². The molecule has 0 radical (unpaired) electrons. The zero-order valence-electron chi connectivity index (χ0n) is 8.89. The highest BCUT2D eigenvalue weighted by Crippen LogP contribution is 2.52. The molecule has 1 aromatic rings. The van der Waals surface area contributed by atoms with Gasteiger partial charge in [-0.3, -0.25) is 0 Å². The van der Waals surface area contributed by atoms with Crippen molar-refractivity contribution in [2.75, 3.05) is 18.0 Å². The Labute approximate surface area is 93.1 Å². The molecular weight excluding hydrogens is 206 g/mol. The van der Waals surface area contributed by atoms with Crippen molar-refractivity contribution in [2.45, 2.75) is 19.3 Å². The zero-order valence-corrected chi connectivity index (χ0v) is 8.89. The minimum atomic E-state index is -0.980. The van der Waals surface area contributed by atoms with Crippen molar-refractivity contribution in [3.05, 3.63) is 18.0 Å². The smallest absolute Gasteiger partial charge is 0.338 e. The van der Waals surface area contributed by atoms with E-state index in [4.69, 9.17) is 5.11 Å². The fourth-order valence-corrected chi connectivity index (χ4v) is 2.29. The van der Waals surface area contributed by atoms with Crippen LogP contribution in [0.4, 0.5) is 5.95 Å². The topological polar surface area (TPSA) is 66.3 Å². The van der Waals surface area contributed by atoms with Gasteiger partial charge in [-0.25, -0.2) is 14.8 Å². The van der Waals surface area contributed by atoms with E-state index in [1.54, 1.807) is 0 Å². The van der Waals surface area contributed by atoms with Crippen LogP contribution in [-0.2, 0) is 0 Å². The second-order valence-electron chi connectivity index (χ2n) is 4.75.